The molecule has 0 atom stereocenters. The number of imidazole rings is 1. The molecule has 0 bridgehead atoms. The predicted molar refractivity (Wildman–Crippen MR) is 190 cm³/mol. The molecule has 3 heteroatoms. The lowest BCUT2D eigenvalue weighted by Gasteiger charge is -2.16. The highest BCUT2D eigenvalue weighted by Crippen LogP contribution is 2.42. The molecular formula is C42H34N2O. The zero-order valence-corrected chi connectivity index (χ0v) is 26.5. The summed E-state index contributed by atoms with van der Waals surface area (Å²) < 4.78 is 1.86. The van der Waals surface area contributed by atoms with Crippen molar-refractivity contribution in [2.75, 3.05) is 0 Å². The monoisotopic (exact) mass is 582 g/mol. The summed E-state index contributed by atoms with van der Waals surface area (Å²) in [5.74, 6) is 0. The zero-order valence-electron chi connectivity index (χ0n) is 26.5. The molecule has 0 N–H and O–H groups in total. The molecule has 8 aromatic rings. The van der Waals surface area contributed by atoms with Crippen molar-refractivity contribution in [2.24, 2.45) is 0 Å². The van der Waals surface area contributed by atoms with Crippen molar-refractivity contribution in [2.45, 2.75) is 41.5 Å². The maximum atomic E-state index is 14.6. The van der Waals surface area contributed by atoms with Gasteiger partial charge in [0.15, 0.2) is 0 Å². The van der Waals surface area contributed by atoms with Gasteiger partial charge < -0.3 is 0 Å². The molecule has 0 fully saturated rings. The second-order valence-corrected chi connectivity index (χ2v) is 12.7. The summed E-state index contributed by atoms with van der Waals surface area (Å²) in [7, 11) is 0. The van der Waals surface area contributed by atoms with Gasteiger partial charge in [0.05, 0.1) is 11.0 Å². The molecule has 0 saturated heterocycles. The molecule has 2 heterocycles. The van der Waals surface area contributed by atoms with Gasteiger partial charge >= 0.3 is 0 Å². The van der Waals surface area contributed by atoms with Crippen molar-refractivity contribution >= 4 is 38.2 Å². The molecule has 0 saturated carbocycles. The molecule has 2 aromatic heterocycles. The van der Waals surface area contributed by atoms with Crippen molar-refractivity contribution in [1.82, 2.24) is 9.38 Å². The molecule has 0 aliphatic carbocycles. The topological polar surface area (TPSA) is 34.4 Å². The number of hydrogen-bond donors (Lipinski definition) is 0. The van der Waals surface area contributed by atoms with Gasteiger partial charge in [-0.3, -0.25) is 9.20 Å². The molecule has 6 aromatic carbocycles. The van der Waals surface area contributed by atoms with Gasteiger partial charge in [-0.15, -0.1) is 0 Å². The number of hydrogen-bond acceptors (Lipinski definition) is 2. The second-order valence-electron chi connectivity index (χ2n) is 12.7. The van der Waals surface area contributed by atoms with E-state index in [1.165, 1.54) is 50.1 Å². The Labute approximate surface area is 262 Å². The van der Waals surface area contributed by atoms with Crippen LogP contribution in [0.2, 0.25) is 0 Å². The summed E-state index contributed by atoms with van der Waals surface area (Å²) >= 11 is 0. The van der Waals surface area contributed by atoms with Crippen LogP contribution in [0.1, 0.15) is 33.4 Å². The second kappa shape index (κ2) is 9.87. The lowest BCUT2D eigenvalue weighted by atomic mass is 9.89. The van der Waals surface area contributed by atoms with Gasteiger partial charge in [-0.2, -0.15) is 0 Å². The highest BCUT2D eigenvalue weighted by molar-refractivity contribution is 6.20. The average molecular weight is 583 g/mol. The van der Waals surface area contributed by atoms with Crippen LogP contribution >= 0.6 is 0 Å². The van der Waals surface area contributed by atoms with E-state index in [1.807, 2.05) is 16.5 Å². The van der Waals surface area contributed by atoms with Crippen LogP contribution in [-0.4, -0.2) is 9.38 Å². The largest absolute Gasteiger partial charge is 0.268 e. The molecule has 0 aliphatic heterocycles. The van der Waals surface area contributed by atoms with E-state index in [0.717, 1.165) is 43.9 Å². The maximum absolute atomic E-state index is 14.6. The van der Waals surface area contributed by atoms with Crippen molar-refractivity contribution in [3.63, 3.8) is 0 Å². The van der Waals surface area contributed by atoms with Gasteiger partial charge in [0.2, 0.25) is 0 Å². The van der Waals surface area contributed by atoms with Crippen molar-refractivity contribution < 1.29 is 0 Å². The number of fused-ring (bicyclic) bond motifs is 4. The molecule has 0 radical (unpaired) electrons. The Balaban J connectivity index is 1.56. The molecule has 0 amide bonds. The molecule has 0 aliphatic rings. The summed E-state index contributed by atoms with van der Waals surface area (Å²) in [6.07, 6.45) is 0. The number of rotatable bonds is 3. The van der Waals surface area contributed by atoms with Crippen molar-refractivity contribution in [1.29, 1.82) is 0 Å². The molecule has 0 unspecified atom stereocenters. The predicted octanol–water partition coefficient (Wildman–Crippen LogP) is 10.4. The third kappa shape index (κ3) is 3.90. The third-order valence-electron chi connectivity index (χ3n) is 9.75. The molecule has 218 valence electrons. The summed E-state index contributed by atoms with van der Waals surface area (Å²) in [5.41, 5.74) is 16.5. The van der Waals surface area contributed by atoms with Crippen molar-refractivity contribution in [3.8, 4) is 33.4 Å². The van der Waals surface area contributed by atoms with Crippen LogP contribution in [0.25, 0.3) is 71.6 Å². The minimum Gasteiger partial charge on any atom is -0.268 e. The fraction of sp³-hybridized carbons (Fsp3) is 0.143. The number of benzene rings is 6. The summed E-state index contributed by atoms with van der Waals surface area (Å²) in [5, 5.41) is 3.77. The number of pyridine rings is 1. The van der Waals surface area contributed by atoms with Crippen LogP contribution in [0.3, 0.4) is 0 Å². The molecule has 0 spiro atoms. The minimum atomic E-state index is -0.0321. The van der Waals surface area contributed by atoms with E-state index in [9.17, 15) is 4.79 Å². The maximum Gasteiger partial charge on any atom is 0.264 e. The molecule has 45 heavy (non-hydrogen) atoms. The van der Waals surface area contributed by atoms with Crippen LogP contribution in [-0.2, 0) is 0 Å². The standard InChI is InChI=1S/C42H34N2O/c1-23-11-7-12-24(2)36(23)29-21-34(38-27(5)15-9-16-28(38)6)40-35(22-29)44-41(43-40)32-20-19-31(37-25(3)13-8-14-26(37)4)30-17-10-18-33(39(30)32)42(44)45/h7-22H,1-6H3. The molecular weight excluding hydrogens is 548 g/mol. The van der Waals surface area contributed by atoms with E-state index in [-0.39, 0.29) is 5.56 Å². The van der Waals surface area contributed by atoms with Gasteiger partial charge in [0.25, 0.3) is 5.56 Å². The van der Waals surface area contributed by atoms with Gasteiger partial charge in [-0.1, -0.05) is 72.8 Å². The van der Waals surface area contributed by atoms with Crippen LogP contribution < -0.4 is 5.56 Å². The summed E-state index contributed by atoms with van der Waals surface area (Å²) in [6, 6.07) is 34.2. The van der Waals surface area contributed by atoms with Gasteiger partial charge in [0, 0.05) is 21.7 Å². The highest BCUT2D eigenvalue weighted by Gasteiger charge is 2.23. The quantitative estimate of drug-likeness (QED) is 0.208. The molecule has 3 nitrogen and oxygen atoms in total. The van der Waals surface area contributed by atoms with E-state index >= 15 is 0 Å². The first kappa shape index (κ1) is 27.3. The van der Waals surface area contributed by atoms with E-state index in [2.05, 4.69) is 126 Å². The van der Waals surface area contributed by atoms with Gasteiger partial charge in [0.1, 0.15) is 5.65 Å². The Morgan fingerprint density at radius 1 is 0.511 bits per heavy atom. The number of aromatic nitrogens is 2. The third-order valence-corrected chi connectivity index (χ3v) is 9.75. The van der Waals surface area contributed by atoms with Gasteiger partial charge in [-0.05, 0) is 132 Å². The van der Waals surface area contributed by atoms with Crippen LogP contribution in [0, 0.1) is 41.5 Å². The highest BCUT2D eigenvalue weighted by atomic mass is 16.1. The summed E-state index contributed by atoms with van der Waals surface area (Å²) in [6.45, 7) is 13.0. The van der Waals surface area contributed by atoms with Crippen molar-refractivity contribution in [3.05, 3.63) is 141 Å². The number of nitrogens with zero attached hydrogens (tertiary/aromatic N) is 2. The SMILES string of the molecule is Cc1cccc(C)c1-c1cc(-c2c(C)cccc2C)c2nc3c4ccc(-c5c(C)cccc5C)c5cccc(c(=O)n3c2c1)c54. The van der Waals surface area contributed by atoms with E-state index < -0.39 is 0 Å². The zero-order chi connectivity index (χ0) is 31.1. The molecule has 8 rings (SSSR count). The Hall–Kier alpha value is -5.28. The number of aryl methyl sites for hydroxylation is 6. The van der Waals surface area contributed by atoms with E-state index in [1.54, 1.807) is 0 Å². The van der Waals surface area contributed by atoms with Crippen LogP contribution in [0.4, 0.5) is 0 Å². The Bertz CT molecular complexity index is 2510. The van der Waals surface area contributed by atoms with Gasteiger partial charge in [-0.25, -0.2) is 4.98 Å². The Morgan fingerprint density at radius 2 is 1.02 bits per heavy atom. The lowest BCUT2D eigenvalue weighted by molar-refractivity contribution is 1.19. The first-order valence-corrected chi connectivity index (χ1v) is 15.6. The first-order chi connectivity index (χ1) is 21.7. The lowest BCUT2D eigenvalue weighted by Crippen LogP contribution is -2.13. The Kier molecular flexibility index (Phi) is 5.98. The minimum absolute atomic E-state index is 0.0321. The van der Waals surface area contributed by atoms with Crippen LogP contribution in [0.15, 0.2) is 102 Å². The van der Waals surface area contributed by atoms with Crippen LogP contribution in [0.5, 0.6) is 0 Å². The fourth-order valence-electron chi connectivity index (χ4n) is 7.76. The summed E-state index contributed by atoms with van der Waals surface area (Å²) in [4.78, 5) is 20.0. The van der Waals surface area contributed by atoms with E-state index in [4.69, 9.17) is 4.98 Å². The Morgan fingerprint density at radius 3 is 1.62 bits per heavy atom. The van der Waals surface area contributed by atoms with E-state index in [0.29, 0.717) is 11.0 Å². The fourth-order valence-corrected chi connectivity index (χ4v) is 7.76. The smallest absolute Gasteiger partial charge is 0.264 e. The average Bonchev–Trinajstić information content (AvgIpc) is 3.40. The normalized spacial score (nSPS) is 11.9. The first-order valence-electron chi connectivity index (χ1n) is 15.6.